The Hall–Kier alpha value is -0.950. The summed E-state index contributed by atoms with van der Waals surface area (Å²) in [5.41, 5.74) is 5.72. The highest BCUT2D eigenvalue weighted by molar-refractivity contribution is 7.52. The van der Waals surface area contributed by atoms with Crippen LogP contribution in [0, 0.1) is 0 Å². The highest BCUT2D eigenvalue weighted by Gasteiger charge is 2.34. The van der Waals surface area contributed by atoms with Gasteiger partial charge in [0, 0.05) is 7.05 Å². The largest absolute Gasteiger partial charge is 0.347 e. The van der Waals surface area contributed by atoms with Gasteiger partial charge in [-0.05, 0) is 19.8 Å². The molecule has 3 atom stereocenters. The first-order chi connectivity index (χ1) is 10.1. The average Bonchev–Trinajstić information content (AvgIpc) is 2.43. The van der Waals surface area contributed by atoms with Crippen LogP contribution < -0.4 is 11.1 Å². The predicted molar refractivity (Wildman–Crippen MR) is 84.0 cm³/mol. The molecule has 0 unspecified atom stereocenters. The molecule has 0 aliphatic heterocycles. The summed E-state index contributed by atoms with van der Waals surface area (Å²) in [4.78, 5) is 43.6. The van der Waals surface area contributed by atoms with Crippen LogP contribution in [-0.2, 0) is 14.2 Å². The molecule has 5 N–H and O–H groups in total. The van der Waals surface area contributed by atoms with Gasteiger partial charge in [-0.3, -0.25) is 14.2 Å². The van der Waals surface area contributed by atoms with Crippen LogP contribution in [-0.4, -0.2) is 51.4 Å². The maximum atomic E-state index is 12.4. The minimum Gasteiger partial charge on any atom is -0.343 e. The van der Waals surface area contributed by atoms with Gasteiger partial charge in [0.25, 0.3) is 0 Å². The van der Waals surface area contributed by atoms with E-state index in [1.54, 1.807) is 0 Å². The fraction of sp³-hybridized carbons (Fsp3) is 0.846. The van der Waals surface area contributed by atoms with Gasteiger partial charge in [0.1, 0.15) is 11.8 Å². The topological polar surface area (TPSA) is 133 Å². The molecule has 130 valence electrons. The van der Waals surface area contributed by atoms with E-state index in [0.29, 0.717) is 19.3 Å². The van der Waals surface area contributed by atoms with Crippen molar-refractivity contribution in [3.8, 4) is 0 Å². The van der Waals surface area contributed by atoms with Crippen molar-refractivity contribution in [2.24, 2.45) is 5.73 Å². The Morgan fingerprint density at radius 3 is 2.14 bits per heavy atom. The molecule has 0 saturated heterocycles. The highest BCUT2D eigenvalue weighted by Crippen LogP contribution is 2.42. The van der Waals surface area contributed by atoms with E-state index in [-0.39, 0.29) is 0 Å². The Bertz CT molecular complexity index is 426. The molecule has 0 rings (SSSR count). The maximum absolute atomic E-state index is 12.4. The van der Waals surface area contributed by atoms with Crippen LogP contribution in [0.2, 0.25) is 0 Å². The number of carbonyl (C=O) groups is 2. The number of likely N-dealkylation sites (N-methyl/N-ethyl adjacent to an activating group) is 1. The number of amides is 2. The lowest BCUT2D eigenvalue weighted by Gasteiger charge is -2.30. The van der Waals surface area contributed by atoms with E-state index < -0.39 is 37.3 Å². The number of hydrogen-bond acceptors (Lipinski definition) is 4. The van der Waals surface area contributed by atoms with Crippen molar-refractivity contribution in [1.82, 2.24) is 10.2 Å². The zero-order valence-electron chi connectivity index (χ0n) is 13.7. The van der Waals surface area contributed by atoms with Crippen molar-refractivity contribution < 1.29 is 23.9 Å². The second-order valence-corrected chi connectivity index (χ2v) is 7.34. The Morgan fingerprint density at radius 2 is 1.73 bits per heavy atom. The third kappa shape index (κ3) is 6.44. The van der Waals surface area contributed by atoms with Crippen LogP contribution in [0.4, 0.5) is 0 Å². The Kier molecular flexibility index (Phi) is 8.85. The van der Waals surface area contributed by atoms with E-state index in [4.69, 9.17) is 15.5 Å². The van der Waals surface area contributed by atoms with Gasteiger partial charge >= 0.3 is 7.60 Å². The number of nitrogens with two attached hydrogens (primary N) is 1. The lowest BCUT2D eigenvalue weighted by Crippen LogP contribution is -2.53. The molecule has 8 nitrogen and oxygen atoms in total. The third-order valence-electron chi connectivity index (χ3n) is 3.52. The molecule has 0 spiro atoms. The van der Waals surface area contributed by atoms with E-state index >= 15 is 0 Å². The molecule has 9 heteroatoms. The molecule has 0 aromatic carbocycles. The van der Waals surface area contributed by atoms with Gasteiger partial charge < -0.3 is 25.7 Å². The minimum absolute atomic E-state index is 0.377. The zero-order chi connectivity index (χ0) is 17.5. The van der Waals surface area contributed by atoms with Crippen LogP contribution in [0.5, 0.6) is 0 Å². The highest BCUT2D eigenvalue weighted by atomic mass is 31.2. The van der Waals surface area contributed by atoms with Gasteiger partial charge in [-0.15, -0.1) is 0 Å². The first kappa shape index (κ1) is 21.0. The zero-order valence-corrected chi connectivity index (χ0v) is 14.5. The first-order valence-corrected chi connectivity index (χ1v) is 9.12. The number of nitrogens with zero attached hydrogens (tertiary/aromatic N) is 1. The van der Waals surface area contributed by atoms with Gasteiger partial charge in [-0.25, -0.2) is 0 Å². The van der Waals surface area contributed by atoms with E-state index in [0.717, 1.165) is 11.3 Å². The third-order valence-corrected chi connectivity index (χ3v) is 4.84. The summed E-state index contributed by atoms with van der Waals surface area (Å²) in [6.07, 6.45) is 2.27. The van der Waals surface area contributed by atoms with Crippen LogP contribution in [0.1, 0.15) is 46.5 Å². The summed E-state index contributed by atoms with van der Waals surface area (Å²) < 4.78 is 11.3. The molecular weight excluding hydrogens is 309 g/mol. The summed E-state index contributed by atoms with van der Waals surface area (Å²) in [7, 11) is -3.11. The quantitative estimate of drug-likeness (QED) is 0.450. The van der Waals surface area contributed by atoms with E-state index in [2.05, 4.69) is 5.32 Å². The molecule has 0 aliphatic rings. The molecule has 0 heterocycles. The van der Waals surface area contributed by atoms with Crippen LogP contribution in [0.3, 0.4) is 0 Å². The fourth-order valence-electron chi connectivity index (χ4n) is 1.92. The first-order valence-electron chi connectivity index (χ1n) is 7.44. The molecule has 0 aromatic heterocycles. The molecule has 0 aliphatic carbocycles. The molecule has 0 fully saturated rings. The van der Waals surface area contributed by atoms with Crippen molar-refractivity contribution in [3.63, 3.8) is 0 Å². The summed E-state index contributed by atoms with van der Waals surface area (Å²) in [5, 5.41) is 2.58. The molecule has 0 radical (unpaired) electrons. The van der Waals surface area contributed by atoms with E-state index in [1.807, 2.05) is 13.8 Å². The maximum Gasteiger partial charge on any atom is 0.347 e. The van der Waals surface area contributed by atoms with E-state index in [9.17, 15) is 14.2 Å². The van der Waals surface area contributed by atoms with Gasteiger partial charge in [0.15, 0.2) is 0 Å². The molecule has 0 bridgehead atoms. The summed E-state index contributed by atoms with van der Waals surface area (Å²) >= 11 is 0. The smallest absolute Gasteiger partial charge is 0.343 e. The van der Waals surface area contributed by atoms with Crippen LogP contribution in [0.15, 0.2) is 0 Å². The lowest BCUT2D eigenvalue weighted by atomic mass is 10.1. The Labute approximate surface area is 131 Å². The Balaban J connectivity index is 4.97. The van der Waals surface area contributed by atoms with Crippen molar-refractivity contribution >= 4 is 19.4 Å². The second-order valence-electron chi connectivity index (χ2n) is 5.42. The monoisotopic (exact) mass is 337 g/mol. The van der Waals surface area contributed by atoms with Gasteiger partial charge in [0.2, 0.25) is 11.8 Å². The SMILES string of the molecule is CCC[C@H](NC(=O)[C@@H](N)CCC)C(=O)N(C)[C@@H](C)P(=O)(O)O. The Morgan fingerprint density at radius 1 is 1.23 bits per heavy atom. The number of nitrogens with one attached hydrogen (secondary N) is 1. The number of rotatable bonds is 9. The predicted octanol–water partition coefficient (Wildman–Crippen LogP) is 0.381. The number of hydrogen-bond donors (Lipinski definition) is 4. The van der Waals surface area contributed by atoms with Crippen molar-refractivity contribution in [1.29, 1.82) is 0 Å². The summed E-state index contributed by atoms with van der Waals surface area (Å²) in [6, 6.07) is -1.53. The van der Waals surface area contributed by atoms with Gasteiger partial charge in [-0.2, -0.15) is 0 Å². The molecule has 22 heavy (non-hydrogen) atoms. The summed E-state index contributed by atoms with van der Waals surface area (Å²) in [6.45, 7) is 5.02. The molecule has 0 saturated carbocycles. The molecular formula is C13H28N3O5P. The molecule has 2 amide bonds. The van der Waals surface area contributed by atoms with E-state index in [1.165, 1.54) is 14.0 Å². The van der Waals surface area contributed by atoms with Gasteiger partial charge in [-0.1, -0.05) is 26.7 Å². The minimum atomic E-state index is -4.42. The normalized spacial score (nSPS) is 15.8. The standard InChI is InChI=1S/C13H28N3O5P/c1-5-7-10(14)12(17)15-11(8-6-2)13(18)16(4)9(3)22(19,20)21/h9-11H,5-8,14H2,1-4H3,(H,15,17)(H2,19,20,21)/t9-,10+,11+/m1/s1. The van der Waals surface area contributed by atoms with Crippen molar-refractivity contribution in [3.05, 3.63) is 0 Å². The van der Waals surface area contributed by atoms with Crippen molar-refractivity contribution in [2.45, 2.75) is 64.3 Å². The second kappa shape index (κ2) is 9.25. The lowest BCUT2D eigenvalue weighted by molar-refractivity contribution is -0.136. The van der Waals surface area contributed by atoms with Crippen LogP contribution >= 0.6 is 7.60 Å². The fourth-order valence-corrected chi connectivity index (χ4v) is 2.49. The number of carbonyl (C=O) groups excluding carboxylic acids is 2. The summed E-state index contributed by atoms with van der Waals surface area (Å²) in [5.74, 6) is -2.21. The van der Waals surface area contributed by atoms with Gasteiger partial charge in [0.05, 0.1) is 6.04 Å². The van der Waals surface area contributed by atoms with Crippen LogP contribution in [0.25, 0.3) is 0 Å². The molecule has 0 aromatic rings. The van der Waals surface area contributed by atoms with Crippen molar-refractivity contribution in [2.75, 3.05) is 7.05 Å². The average molecular weight is 337 g/mol.